The molecule has 1 heterocycles. The molecule has 0 radical (unpaired) electrons. The van der Waals surface area contributed by atoms with Crippen LogP contribution in [0.25, 0.3) is 11.1 Å². The molecule has 4 aromatic carbocycles. The van der Waals surface area contributed by atoms with Crippen LogP contribution in [-0.4, -0.2) is 18.2 Å². The number of fused-ring (bicyclic) bond motifs is 3. The number of carbonyl (C=O) groups excluding carboxylic acids is 1. The molecule has 4 aromatic rings. The van der Waals surface area contributed by atoms with Gasteiger partial charge in [0.05, 0.1) is 0 Å². The minimum absolute atomic E-state index is 0.0555. The number of carbonyl (C=O) groups is 1. The molecule has 9 rings (SSSR count). The smallest absolute Gasteiger partial charge is 0.344 e. The van der Waals surface area contributed by atoms with Crippen molar-refractivity contribution in [1.82, 2.24) is 0 Å². The molecule has 0 atom stereocenters. The predicted molar refractivity (Wildman–Crippen MR) is 195 cm³/mol. The maximum Gasteiger partial charge on any atom is 0.344 e. The van der Waals surface area contributed by atoms with Gasteiger partial charge in [-0.15, -0.1) is 0 Å². The summed E-state index contributed by atoms with van der Waals surface area (Å²) in [6.07, 6.45) is 6.26. The normalized spacial score (nSPS) is 26.3. The third kappa shape index (κ3) is 5.79. The van der Waals surface area contributed by atoms with Crippen molar-refractivity contribution >= 4 is 62.0 Å². The first kappa shape index (κ1) is 30.1. The zero-order valence-electron chi connectivity index (χ0n) is 25.2. The molecule has 7 heteroatoms. The van der Waals surface area contributed by atoms with E-state index in [1.807, 2.05) is 24.3 Å². The van der Waals surface area contributed by atoms with E-state index in [-0.39, 0.29) is 18.2 Å². The Morgan fingerprint density at radius 1 is 0.733 bits per heavy atom. The van der Waals surface area contributed by atoms with Crippen molar-refractivity contribution in [1.29, 1.82) is 0 Å². The van der Waals surface area contributed by atoms with E-state index in [1.165, 1.54) is 65.1 Å². The summed E-state index contributed by atoms with van der Waals surface area (Å²) >= 11 is 4.81. The first-order valence-corrected chi connectivity index (χ1v) is 19.4. The molecule has 0 amide bonds. The van der Waals surface area contributed by atoms with Crippen molar-refractivity contribution in [3.05, 3.63) is 97.6 Å². The summed E-state index contributed by atoms with van der Waals surface area (Å²) in [6.45, 7) is 2.58. The van der Waals surface area contributed by atoms with Crippen molar-refractivity contribution < 1.29 is 19.0 Å². The van der Waals surface area contributed by atoms with Crippen molar-refractivity contribution in [2.45, 2.75) is 65.9 Å². The molecule has 4 saturated carbocycles. The molecule has 0 unspecified atom stereocenters. The fourth-order valence-electron chi connectivity index (χ4n) is 8.49. The Morgan fingerprint density at radius 2 is 1.27 bits per heavy atom. The summed E-state index contributed by atoms with van der Waals surface area (Å²) in [5.74, 6) is 3.98. The highest BCUT2D eigenvalue weighted by molar-refractivity contribution is 14.1. The second-order valence-corrected chi connectivity index (χ2v) is 18.0. The Hall–Kier alpha value is -2.24. The molecule has 0 N–H and O–H groups in total. The summed E-state index contributed by atoms with van der Waals surface area (Å²) in [5.41, 5.74) is 3.45. The Balaban J connectivity index is 0.865. The summed E-state index contributed by atoms with van der Waals surface area (Å²) < 4.78 is 20.7. The first-order chi connectivity index (χ1) is 21.8. The lowest BCUT2D eigenvalue weighted by atomic mass is 9.50. The first-order valence-electron chi connectivity index (χ1n) is 15.9. The molecular formula is C38H36I2O4S. The summed E-state index contributed by atoms with van der Waals surface area (Å²) in [6, 6.07) is 30.1. The van der Waals surface area contributed by atoms with E-state index in [0.717, 1.165) is 23.1 Å². The Labute approximate surface area is 295 Å². The molecule has 4 bridgehead atoms. The van der Waals surface area contributed by atoms with Crippen LogP contribution in [0.1, 0.15) is 44.6 Å². The van der Waals surface area contributed by atoms with Crippen LogP contribution >= 0.6 is 56.1 Å². The Bertz CT molecular complexity index is 1670. The van der Waals surface area contributed by atoms with Crippen LogP contribution in [0.15, 0.2) is 99.6 Å². The number of rotatable bonds is 8. The largest absolute Gasteiger partial charge is 0.489 e. The summed E-state index contributed by atoms with van der Waals surface area (Å²) in [5, 5.41) is 0. The monoisotopic (exact) mass is 842 g/mol. The molecular weight excluding hydrogens is 806 g/mol. The van der Waals surface area contributed by atoms with E-state index < -0.39 is 10.9 Å². The van der Waals surface area contributed by atoms with Gasteiger partial charge in [-0.1, -0.05) is 12.1 Å². The number of hydrogen-bond acceptors (Lipinski definition) is 4. The van der Waals surface area contributed by atoms with E-state index in [0.29, 0.717) is 24.2 Å². The van der Waals surface area contributed by atoms with E-state index in [2.05, 4.69) is 113 Å². The maximum atomic E-state index is 12.8. The van der Waals surface area contributed by atoms with Gasteiger partial charge in [-0.3, -0.25) is 0 Å². The van der Waals surface area contributed by atoms with Crippen LogP contribution < -0.4 is 9.47 Å². The molecule has 1 aliphatic heterocycles. The number of benzene rings is 4. The minimum atomic E-state index is -0.595. The highest BCUT2D eigenvalue weighted by Gasteiger charge is 2.57. The van der Waals surface area contributed by atoms with E-state index in [1.54, 1.807) is 0 Å². The van der Waals surface area contributed by atoms with Crippen molar-refractivity contribution in [3.8, 4) is 22.6 Å². The van der Waals surface area contributed by atoms with Gasteiger partial charge in [0, 0.05) is 16.9 Å². The van der Waals surface area contributed by atoms with Crippen LogP contribution in [0.5, 0.6) is 11.5 Å². The Kier molecular flexibility index (Phi) is 8.09. The lowest BCUT2D eigenvalue weighted by molar-refractivity contribution is -0.204. The summed E-state index contributed by atoms with van der Waals surface area (Å²) in [4.78, 5) is 17.0. The SMILES string of the molecule is CC1(OC(=O)COc2ccc(COc3ccc([SH]4c5ccc(I)cc5-c5cc(I)ccc54)cc3)cc2)C2CC3CC(C2)CC1C3. The lowest BCUT2D eigenvalue weighted by Crippen LogP contribution is -2.58. The maximum absolute atomic E-state index is 12.8. The van der Waals surface area contributed by atoms with E-state index in [4.69, 9.17) is 14.2 Å². The van der Waals surface area contributed by atoms with Gasteiger partial charge >= 0.3 is 5.97 Å². The Morgan fingerprint density at radius 3 is 1.84 bits per heavy atom. The average molecular weight is 843 g/mol. The molecule has 4 nitrogen and oxygen atoms in total. The minimum Gasteiger partial charge on any atom is -0.489 e. The van der Waals surface area contributed by atoms with Crippen LogP contribution in [0, 0.1) is 30.8 Å². The molecule has 0 saturated heterocycles. The van der Waals surface area contributed by atoms with Crippen molar-refractivity contribution in [2.75, 3.05) is 6.61 Å². The third-order valence-electron chi connectivity index (χ3n) is 10.6. The predicted octanol–water partition coefficient (Wildman–Crippen LogP) is 10.1. The quantitative estimate of drug-likeness (QED) is 0.0961. The summed E-state index contributed by atoms with van der Waals surface area (Å²) in [7, 11) is -0.595. The van der Waals surface area contributed by atoms with Gasteiger partial charge in [-0.25, -0.2) is 4.79 Å². The zero-order chi connectivity index (χ0) is 30.7. The van der Waals surface area contributed by atoms with Crippen molar-refractivity contribution in [2.24, 2.45) is 23.7 Å². The highest BCUT2D eigenvalue weighted by Crippen LogP contribution is 2.63. The van der Waals surface area contributed by atoms with Gasteiger partial charge < -0.3 is 14.2 Å². The second kappa shape index (κ2) is 12.1. The van der Waals surface area contributed by atoms with Gasteiger partial charge in [0.25, 0.3) is 0 Å². The van der Waals surface area contributed by atoms with Crippen LogP contribution in [0.4, 0.5) is 0 Å². The standard InChI is InChI=1S/C38H36I2O4S/c1-38(26-15-24-14-25(17-26)18-27(38)16-24)44-37(41)22-43-30-6-2-23(3-7-30)21-42-31-8-10-32(11-9-31)45-35-12-4-28(39)19-33(35)34-20-29(40)5-13-36(34)45/h2-13,19-20,24-27,45H,14-18,21-22H2,1H3. The van der Waals surface area contributed by atoms with Gasteiger partial charge in [0.15, 0.2) is 6.61 Å². The van der Waals surface area contributed by atoms with Crippen LogP contribution in [-0.2, 0) is 16.1 Å². The number of ether oxygens (including phenoxy) is 3. The number of thiol groups is 1. The van der Waals surface area contributed by atoms with Gasteiger partial charge in [-0.05, 0) is 202 Å². The number of esters is 1. The molecule has 4 aliphatic carbocycles. The van der Waals surface area contributed by atoms with E-state index in [9.17, 15) is 4.79 Å². The number of halogens is 2. The fourth-order valence-corrected chi connectivity index (χ4v) is 12.0. The van der Waals surface area contributed by atoms with Gasteiger partial charge in [-0.2, -0.15) is 10.9 Å². The molecule has 0 spiro atoms. The molecule has 5 aliphatic rings. The average Bonchev–Trinajstić information content (AvgIpc) is 3.34. The lowest BCUT2D eigenvalue weighted by Gasteiger charge is -2.59. The molecule has 0 aromatic heterocycles. The van der Waals surface area contributed by atoms with E-state index >= 15 is 0 Å². The molecule has 232 valence electrons. The zero-order valence-corrected chi connectivity index (χ0v) is 30.4. The van der Waals surface area contributed by atoms with Crippen molar-refractivity contribution in [3.63, 3.8) is 0 Å². The number of hydrogen-bond donors (Lipinski definition) is 1. The van der Waals surface area contributed by atoms with Gasteiger partial charge in [0.1, 0.15) is 23.7 Å². The molecule has 45 heavy (non-hydrogen) atoms. The fraction of sp³-hybridized carbons (Fsp3) is 0.342. The van der Waals surface area contributed by atoms with Gasteiger partial charge in [0.2, 0.25) is 0 Å². The topological polar surface area (TPSA) is 44.8 Å². The highest BCUT2D eigenvalue weighted by atomic mass is 127. The molecule has 4 fully saturated rings. The second-order valence-electron chi connectivity index (χ2n) is 13.3. The van der Waals surface area contributed by atoms with Crippen LogP contribution in [0.2, 0.25) is 0 Å². The van der Waals surface area contributed by atoms with Crippen LogP contribution in [0.3, 0.4) is 0 Å². The third-order valence-corrected chi connectivity index (χ3v) is 14.5.